The molecule has 0 saturated carbocycles. The molecule has 31 heavy (non-hydrogen) atoms. The molecule has 3 aromatic rings. The van der Waals surface area contributed by atoms with Gasteiger partial charge in [-0.3, -0.25) is 9.59 Å². The second-order valence-corrected chi connectivity index (χ2v) is 7.43. The van der Waals surface area contributed by atoms with Crippen molar-refractivity contribution in [2.75, 3.05) is 11.9 Å². The zero-order valence-electron chi connectivity index (χ0n) is 17.3. The topological polar surface area (TPSA) is 67.4 Å². The normalized spacial score (nSPS) is 11.4. The molecule has 3 rings (SSSR count). The van der Waals surface area contributed by atoms with Gasteiger partial charge >= 0.3 is 0 Å². The Bertz CT molecular complexity index is 1010. The van der Waals surface area contributed by atoms with Crippen LogP contribution < -0.4 is 15.4 Å². The summed E-state index contributed by atoms with van der Waals surface area (Å²) in [6, 6.07) is 23.7. The Kier molecular flexibility index (Phi) is 8.07. The van der Waals surface area contributed by atoms with Crippen LogP contribution in [0.5, 0.6) is 5.75 Å². The van der Waals surface area contributed by atoms with E-state index in [0.29, 0.717) is 35.0 Å². The van der Waals surface area contributed by atoms with Gasteiger partial charge in [-0.25, -0.2) is 0 Å². The van der Waals surface area contributed by atoms with Gasteiger partial charge in [0.05, 0.1) is 11.3 Å². The molecular formula is C25H25ClN2O3. The van der Waals surface area contributed by atoms with Crippen LogP contribution in [0.15, 0.2) is 78.9 Å². The Balaban J connectivity index is 1.62. The summed E-state index contributed by atoms with van der Waals surface area (Å²) in [5, 5.41) is 6.34. The fourth-order valence-corrected chi connectivity index (χ4v) is 3.19. The molecule has 1 atom stereocenters. The smallest absolute Gasteiger partial charge is 0.265 e. The maximum Gasteiger partial charge on any atom is 0.265 e. The molecule has 0 saturated heterocycles. The summed E-state index contributed by atoms with van der Waals surface area (Å²) in [6.07, 6.45) is 0.503. The van der Waals surface area contributed by atoms with Crippen LogP contribution in [0, 0.1) is 0 Å². The summed E-state index contributed by atoms with van der Waals surface area (Å²) in [7, 11) is 0. The number of anilines is 1. The van der Waals surface area contributed by atoms with Gasteiger partial charge in [-0.15, -0.1) is 0 Å². The zero-order chi connectivity index (χ0) is 22.1. The number of benzene rings is 3. The number of ether oxygens (including phenoxy) is 1. The molecule has 6 heteroatoms. The lowest BCUT2D eigenvalue weighted by atomic mass is 10.1. The lowest BCUT2D eigenvalue weighted by molar-refractivity contribution is -0.122. The van der Waals surface area contributed by atoms with E-state index >= 15 is 0 Å². The first-order valence-electron chi connectivity index (χ1n) is 10.2. The van der Waals surface area contributed by atoms with E-state index < -0.39 is 6.10 Å². The monoisotopic (exact) mass is 436 g/mol. The molecule has 0 spiro atoms. The molecule has 0 aliphatic heterocycles. The molecule has 2 amide bonds. The van der Waals surface area contributed by atoms with Crippen LogP contribution in [-0.2, 0) is 11.2 Å². The molecule has 0 fully saturated rings. The van der Waals surface area contributed by atoms with E-state index in [0.717, 1.165) is 12.0 Å². The number of para-hydroxylation sites is 1. The third-order valence-corrected chi connectivity index (χ3v) is 4.98. The average Bonchev–Trinajstić information content (AvgIpc) is 2.79. The molecule has 0 unspecified atom stereocenters. The molecule has 0 radical (unpaired) electrons. The molecule has 0 heterocycles. The van der Waals surface area contributed by atoms with Crippen LogP contribution in [-0.4, -0.2) is 24.5 Å². The van der Waals surface area contributed by atoms with Gasteiger partial charge in [-0.2, -0.15) is 0 Å². The van der Waals surface area contributed by atoms with Crippen LogP contribution in [0.2, 0.25) is 5.02 Å². The van der Waals surface area contributed by atoms with Crippen molar-refractivity contribution in [3.8, 4) is 5.75 Å². The third-order valence-electron chi connectivity index (χ3n) is 4.73. The van der Waals surface area contributed by atoms with Crippen molar-refractivity contribution in [1.29, 1.82) is 0 Å². The van der Waals surface area contributed by atoms with E-state index in [2.05, 4.69) is 10.6 Å². The van der Waals surface area contributed by atoms with Crippen molar-refractivity contribution in [2.24, 2.45) is 0 Å². The largest absolute Gasteiger partial charge is 0.481 e. The molecule has 0 bridgehead atoms. The molecule has 3 aromatic carbocycles. The number of amides is 2. The lowest BCUT2D eigenvalue weighted by Gasteiger charge is -2.18. The van der Waals surface area contributed by atoms with Crippen LogP contribution in [0.3, 0.4) is 0 Å². The van der Waals surface area contributed by atoms with Gasteiger partial charge in [0.15, 0.2) is 6.10 Å². The van der Waals surface area contributed by atoms with Crippen molar-refractivity contribution in [3.05, 3.63) is 95.0 Å². The second-order valence-electron chi connectivity index (χ2n) is 6.99. The Morgan fingerprint density at radius 1 is 0.935 bits per heavy atom. The van der Waals surface area contributed by atoms with E-state index in [4.69, 9.17) is 16.3 Å². The minimum absolute atomic E-state index is 0.238. The van der Waals surface area contributed by atoms with E-state index in [1.54, 1.807) is 48.5 Å². The number of nitrogens with one attached hydrogen (secondary N) is 2. The third kappa shape index (κ3) is 6.59. The minimum Gasteiger partial charge on any atom is -0.481 e. The van der Waals surface area contributed by atoms with E-state index in [1.807, 2.05) is 37.3 Å². The van der Waals surface area contributed by atoms with Crippen LogP contribution in [0.25, 0.3) is 0 Å². The van der Waals surface area contributed by atoms with Gasteiger partial charge < -0.3 is 15.4 Å². The van der Waals surface area contributed by atoms with E-state index in [1.165, 1.54) is 0 Å². The van der Waals surface area contributed by atoms with Crippen LogP contribution >= 0.6 is 11.6 Å². The van der Waals surface area contributed by atoms with Crippen LogP contribution in [0.1, 0.15) is 29.3 Å². The van der Waals surface area contributed by atoms with Crippen molar-refractivity contribution in [1.82, 2.24) is 5.32 Å². The fraction of sp³-hybridized carbons (Fsp3) is 0.200. The highest BCUT2D eigenvalue weighted by atomic mass is 35.5. The highest BCUT2D eigenvalue weighted by molar-refractivity contribution is 6.30. The van der Waals surface area contributed by atoms with Gasteiger partial charge in [-0.05, 0) is 54.8 Å². The molecule has 5 nitrogen and oxygen atoms in total. The maximum atomic E-state index is 12.8. The molecule has 0 aliphatic rings. The van der Waals surface area contributed by atoms with Crippen molar-refractivity contribution < 1.29 is 14.3 Å². The first-order valence-corrected chi connectivity index (χ1v) is 10.6. The highest BCUT2D eigenvalue weighted by Crippen LogP contribution is 2.20. The SMILES string of the molecule is CC[C@@H](Oc1ccc(Cl)cc1)C(=O)Nc1ccccc1C(=O)NCCc1ccccc1. The van der Waals surface area contributed by atoms with Gasteiger partial charge in [0.2, 0.25) is 0 Å². The lowest BCUT2D eigenvalue weighted by Crippen LogP contribution is -2.33. The van der Waals surface area contributed by atoms with Crippen molar-refractivity contribution in [3.63, 3.8) is 0 Å². The molecule has 0 aromatic heterocycles. The standard InChI is InChI=1S/C25H25ClN2O3/c1-2-23(31-20-14-12-19(26)13-15-20)25(30)28-22-11-7-6-10-21(22)24(29)27-17-16-18-8-4-3-5-9-18/h3-15,23H,2,16-17H2,1H3,(H,27,29)(H,28,30)/t23-/m1/s1. The number of halogens is 1. The predicted octanol–water partition coefficient (Wildman–Crippen LogP) is 5.11. The summed E-state index contributed by atoms with van der Waals surface area (Å²) in [5.41, 5.74) is 2.00. The summed E-state index contributed by atoms with van der Waals surface area (Å²) >= 11 is 5.90. The zero-order valence-corrected chi connectivity index (χ0v) is 18.1. The first-order chi connectivity index (χ1) is 15.1. The highest BCUT2D eigenvalue weighted by Gasteiger charge is 2.21. The average molecular weight is 437 g/mol. The summed E-state index contributed by atoms with van der Waals surface area (Å²) in [6.45, 7) is 2.37. The van der Waals surface area contributed by atoms with Gasteiger partial charge in [-0.1, -0.05) is 61.0 Å². The molecule has 160 valence electrons. The summed E-state index contributed by atoms with van der Waals surface area (Å²) in [5.74, 6) is -0.00109. The second kappa shape index (κ2) is 11.2. The maximum absolute atomic E-state index is 12.8. The number of hydrogen-bond acceptors (Lipinski definition) is 3. The Hall–Kier alpha value is -3.31. The van der Waals surface area contributed by atoms with Crippen molar-refractivity contribution in [2.45, 2.75) is 25.9 Å². The number of carbonyl (C=O) groups is 2. The molecule has 0 aliphatic carbocycles. The first kappa shape index (κ1) is 22.4. The fourth-order valence-electron chi connectivity index (χ4n) is 3.06. The Morgan fingerprint density at radius 3 is 2.32 bits per heavy atom. The Morgan fingerprint density at radius 2 is 1.61 bits per heavy atom. The summed E-state index contributed by atoms with van der Waals surface area (Å²) < 4.78 is 5.80. The number of hydrogen-bond donors (Lipinski definition) is 2. The van der Waals surface area contributed by atoms with E-state index in [-0.39, 0.29) is 11.8 Å². The van der Waals surface area contributed by atoms with Gasteiger partial charge in [0, 0.05) is 11.6 Å². The minimum atomic E-state index is -0.699. The van der Waals surface area contributed by atoms with Crippen molar-refractivity contribution >= 4 is 29.1 Å². The molecule has 2 N–H and O–H groups in total. The Labute approximate surface area is 187 Å². The summed E-state index contributed by atoms with van der Waals surface area (Å²) in [4.78, 5) is 25.5. The quantitative estimate of drug-likeness (QED) is 0.490. The van der Waals surface area contributed by atoms with Crippen LogP contribution in [0.4, 0.5) is 5.69 Å². The van der Waals surface area contributed by atoms with E-state index in [9.17, 15) is 9.59 Å². The number of rotatable bonds is 9. The predicted molar refractivity (Wildman–Crippen MR) is 124 cm³/mol. The molecular weight excluding hydrogens is 412 g/mol. The van der Waals surface area contributed by atoms with Gasteiger partial charge in [0.1, 0.15) is 5.75 Å². The number of carbonyl (C=O) groups excluding carboxylic acids is 2. The van der Waals surface area contributed by atoms with Gasteiger partial charge in [0.25, 0.3) is 11.8 Å².